The van der Waals surface area contributed by atoms with E-state index in [0.717, 1.165) is 12.1 Å². The predicted octanol–water partition coefficient (Wildman–Crippen LogP) is 7.11. The molecule has 0 bridgehead atoms. The molecule has 0 aliphatic heterocycles. The Morgan fingerprint density at radius 1 is 1.05 bits per heavy atom. The topological polar surface area (TPSA) is 124 Å². The molecule has 0 saturated heterocycles. The van der Waals surface area contributed by atoms with Gasteiger partial charge >= 0.3 is 0 Å². The van der Waals surface area contributed by atoms with Crippen molar-refractivity contribution in [3.05, 3.63) is 94.1 Å². The second-order valence-corrected chi connectivity index (χ2v) is 14.3. The number of carbonyl (C=O) groups is 1. The number of aromatic nitrogens is 5. The molecule has 288 valence electrons. The number of nitrogens with two attached hydrogens (primary N) is 1. The van der Waals surface area contributed by atoms with Gasteiger partial charge < -0.3 is 16.2 Å². The van der Waals surface area contributed by atoms with Gasteiger partial charge in [-0.1, -0.05) is 18.1 Å². The number of amides is 1. The summed E-state index contributed by atoms with van der Waals surface area (Å²) in [7, 11) is 1.54. The molecule has 0 radical (unpaired) electrons. The van der Waals surface area contributed by atoms with Crippen molar-refractivity contribution in [2.24, 2.45) is 18.7 Å². The average molecular weight is 772 g/mol. The van der Waals surface area contributed by atoms with Crippen LogP contribution < -0.4 is 11.1 Å². The van der Waals surface area contributed by atoms with E-state index in [1.165, 1.54) is 30.7 Å². The molecule has 17 heteroatoms. The molecule has 4 N–H and O–H groups in total. The number of benzene rings is 2. The molecule has 7 rings (SSSR count). The van der Waals surface area contributed by atoms with Crippen LogP contribution in [0.15, 0.2) is 48.5 Å². The molecule has 5 aromatic rings. The van der Waals surface area contributed by atoms with Gasteiger partial charge in [-0.05, 0) is 74.4 Å². The maximum absolute atomic E-state index is 16.0. The highest BCUT2D eigenvalue weighted by atomic mass is 19.3. The van der Waals surface area contributed by atoms with Crippen molar-refractivity contribution >= 4 is 22.6 Å². The number of rotatable bonds is 11. The third-order valence-electron chi connectivity index (χ3n) is 9.79. The standard InChI is InChI=1S/C38H33F8N7O2/c1-37(2,55)10-9-20-7-8-21(22-5-4-6-23-31(22)52(3)51-36(23)48-16-27(41)42)29(49-20)25(13-17-11-18(39)14-19(40)12-17)32(35(47)54)53-33-28(30(50-53)34(43)44)24-15-26(24)38(33,45)46/h4-8,11-12,14,24-27,32,34,55H,13,15-16H2,1-3H3,(H2,47,54)(H,48,51)/t24-,25+,26+,32?/m0/s1. The first-order valence-electron chi connectivity index (χ1n) is 17.1. The zero-order valence-electron chi connectivity index (χ0n) is 29.4. The molecule has 2 aliphatic carbocycles. The summed E-state index contributed by atoms with van der Waals surface area (Å²) < 4.78 is 119. The highest BCUT2D eigenvalue weighted by Gasteiger charge is 2.67. The normalized spacial score (nSPS) is 18.2. The van der Waals surface area contributed by atoms with Crippen LogP contribution in [0.5, 0.6) is 0 Å². The Morgan fingerprint density at radius 2 is 1.76 bits per heavy atom. The molecule has 1 saturated carbocycles. The van der Waals surface area contributed by atoms with Gasteiger partial charge in [0.25, 0.3) is 18.8 Å². The lowest BCUT2D eigenvalue weighted by atomic mass is 9.84. The number of halogens is 8. The molecule has 3 aromatic heterocycles. The number of nitrogens with zero attached hydrogens (tertiary/aromatic N) is 5. The third kappa shape index (κ3) is 6.99. The Kier molecular flexibility index (Phi) is 9.39. The van der Waals surface area contributed by atoms with Crippen LogP contribution in [-0.4, -0.2) is 54.1 Å². The lowest BCUT2D eigenvalue weighted by Crippen LogP contribution is -2.37. The summed E-state index contributed by atoms with van der Waals surface area (Å²) in [6.45, 7) is 2.10. The number of nitrogens with one attached hydrogen (secondary N) is 1. The molecule has 55 heavy (non-hydrogen) atoms. The van der Waals surface area contributed by atoms with E-state index in [1.54, 1.807) is 25.2 Å². The monoisotopic (exact) mass is 771 g/mol. The number of hydrogen-bond acceptors (Lipinski definition) is 6. The highest BCUT2D eigenvalue weighted by Crippen LogP contribution is 2.68. The van der Waals surface area contributed by atoms with Crippen LogP contribution in [-0.2, 0) is 24.2 Å². The van der Waals surface area contributed by atoms with Crippen molar-refractivity contribution in [1.29, 1.82) is 0 Å². The Hall–Kier alpha value is -5.50. The molecule has 2 aliphatic rings. The second-order valence-electron chi connectivity index (χ2n) is 14.3. The predicted molar refractivity (Wildman–Crippen MR) is 185 cm³/mol. The Bertz CT molecular complexity index is 2370. The first-order chi connectivity index (χ1) is 25.9. The average Bonchev–Trinajstić information content (AvgIpc) is 3.62. The van der Waals surface area contributed by atoms with Crippen LogP contribution in [0.2, 0.25) is 0 Å². The largest absolute Gasteiger partial charge is 0.378 e. The number of carbonyl (C=O) groups excluding carboxylic acids is 1. The van der Waals surface area contributed by atoms with Crippen molar-refractivity contribution in [2.75, 3.05) is 11.9 Å². The number of primary amides is 1. The summed E-state index contributed by atoms with van der Waals surface area (Å²) in [5.74, 6) is -5.28. The van der Waals surface area contributed by atoms with Gasteiger partial charge in [0, 0.05) is 47.0 Å². The van der Waals surface area contributed by atoms with Crippen molar-refractivity contribution < 1.29 is 45.0 Å². The zero-order chi connectivity index (χ0) is 39.7. The Labute approximate surface area is 308 Å². The molecular formula is C38H33F8N7O2. The van der Waals surface area contributed by atoms with E-state index in [0.29, 0.717) is 27.2 Å². The van der Waals surface area contributed by atoms with Crippen LogP contribution in [0, 0.1) is 29.4 Å². The number of anilines is 1. The molecule has 0 spiro atoms. The number of alkyl halides is 6. The van der Waals surface area contributed by atoms with Crippen LogP contribution >= 0.6 is 0 Å². The lowest BCUT2D eigenvalue weighted by Gasteiger charge is -2.29. The highest BCUT2D eigenvalue weighted by molar-refractivity contribution is 6.00. The van der Waals surface area contributed by atoms with E-state index < -0.39 is 90.1 Å². The Balaban J connectivity index is 1.52. The summed E-state index contributed by atoms with van der Waals surface area (Å²) in [4.78, 5) is 18.4. The molecule has 4 atom stereocenters. The summed E-state index contributed by atoms with van der Waals surface area (Å²) >= 11 is 0. The SMILES string of the molecule is Cn1nc(NCC(F)F)c2cccc(-c3ccc(C#CC(C)(C)O)nc3[C@@H](Cc3cc(F)cc(F)c3)C(C(N)=O)n3nc(C(F)F)c4c3C(F)(F)[C@@H]3C[C@H]43)c21. The molecule has 1 amide bonds. The smallest absolute Gasteiger partial charge is 0.293 e. The quantitative estimate of drug-likeness (QED) is 0.0973. The van der Waals surface area contributed by atoms with E-state index >= 15 is 8.78 Å². The number of aryl methyl sites for hydroxylation is 1. The van der Waals surface area contributed by atoms with Gasteiger partial charge in [-0.2, -0.15) is 19.0 Å². The second kappa shape index (κ2) is 13.7. The summed E-state index contributed by atoms with van der Waals surface area (Å²) in [6.07, 6.45) is -6.57. The van der Waals surface area contributed by atoms with Gasteiger partial charge in [-0.3, -0.25) is 9.48 Å². The van der Waals surface area contributed by atoms with Crippen molar-refractivity contribution in [2.45, 2.75) is 68.9 Å². The van der Waals surface area contributed by atoms with Crippen LogP contribution in [0.1, 0.15) is 78.5 Å². The molecule has 1 fully saturated rings. The molecule has 3 heterocycles. The fourth-order valence-corrected chi connectivity index (χ4v) is 7.58. The van der Waals surface area contributed by atoms with Crippen LogP contribution in [0.3, 0.4) is 0 Å². The number of pyridine rings is 1. The summed E-state index contributed by atoms with van der Waals surface area (Å²) in [6, 6.07) is 8.31. The Morgan fingerprint density at radius 3 is 2.40 bits per heavy atom. The number of para-hydroxylation sites is 1. The van der Waals surface area contributed by atoms with Crippen LogP contribution in [0.25, 0.3) is 22.0 Å². The van der Waals surface area contributed by atoms with Crippen molar-refractivity contribution in [3.8, 4) is 23.0 Å². The van der Waals surface area contributed by atoms with Gasteiger partial charge in [0.05, 0.1) is 17.8 Å². The lowest BCUT2D eigenvalue weighted by molar-refractivity contribution is -0.122. The fraction of sp³-hybridized carbons (Fsp3) is 0.368. The van der Waals surface area contributed by atoms with Gasteiger partial charge in [0.2, 0.25) is 5.91 Å². The van der Waals surface area contributed by atoms with Gasteiger partial charge in [-0.15, -0.1) is 0 Å². The molecule has 2 aromatic carbocycles. The maximum Gasteiger partial charge on any atom is 0.293 e. The molecule has 9 nitrogen and oxygen atoms in total. The summed E-state index contributed by atoms with van der Waals surface area (Å²) in [5.41, 5.74) is 3.04. The number of hydrogen-bond donors (Lipinski definition) is 3. The van der Waals surface area contributed by atoms with E-state index in [9.17, 15) is 36.2 Å². The van der Waals surface area contributed by atoms with Gasteiger partial charge in [0.1, 0.15) is 40.4 Å². The van der Waals surface area contributed by atoms with Gasteiger partial charge in [-0.25, -0.2) is 36.0 Å². The zero-order valence-corrected chi connectivity index (χ0v) is 29.4. The van der Waals surface area contributed by atoms with Crippen molar-refractivity contribution in [3.63, 3.8) is 0 Å². The minimum atomic E-state index is -3.68. The fourth-order valence-electron chi connectivity index (χ4n) is 7.58. The minimum absolute atomic E-state index is 0.00141. The number of aliphatic hydroxyl groups is 1. The minimum Gasteiger partial charge on any atom is -0.378 e. The van der Waals surface area contributed by atoms with Crippen LogP contribution in [0.4, 0.5) is 40.9 Å². The molecule has 1 unspecified atom stereocenters. The van der Waals surface area contributed by atoms with Gasteiger partial charge in [0.15, 0.2) is 5.82 Å². The maximum atomic E-state index is 16.0. The van der Waals surface area contributed by atoms with E-state index in [4.69, 9.17) is 10.7 Å². The van der Waals surface area contributed by atoms with E-state index in [1.807, 2.05) is 0 Å². The number of fused-ring (bicyclic) bond motifs is 4. The van der Waals surface area contributed by atoms with Crippen molar-refractivity contribution in [1.82, 2.24) is 24.5 Å². The molecular weight excluding hydrogens is 738 g/mol. The third-order valence-corrected chi connectivity index (χ3v) is 9.79. The summed E-state index contributed by atoms with van der Waals surface area (Å²) in [5, 5.41) is 21.6. The first-order valence-corrected chi connectivity index (χ1v) is 17.1. The first kappa shape index (κ1) is 37.8. The van der Waals surface area contributed by atoms with E-state index in [-0.39, 0.29) is 40.3 Å². The van der Waals surface area contributed by atoms with E-state index in [2.05, 4.69) is 27.4 Å².